The van der Waals surface area contributed by atoms with Crippen LogP contribution in [0.5, 0.6) is 0 Å². The lowest BCUT2D eigenvalue weighted by Gasteiger charge is -2.07. The van der Waals surface area contributed by atoms with Gasteiger partial charge in [-0.05, 0) is 31.1 Å². The van der Waals surface area contributed by atoms with Crippen LogP contribution in [0.2, 0.25) is 0 Å². The van der Waals surface area contributed by atoms with Gasteiger partial charge in [-0.15, -0.1) is 0 Å². The molecule has 2 unspecified atom stereocenters. The van der Waals surface area contributed by atoms with Crippen molar-refractivity contribution in [2.75, 3.05) is 19.8 Å². The molecule has 2 N–H and O–H groups in total. The Morgan fingerprint density at radius 2 is 1.78 bits per heavy atom. The van der Waals surface area contributed by atoms with E-state index in [1.807, 2.05) is 0 Å². The Labute approximate surface area is 113 Å². The predicted octanol–water partition coefficient (Wildman–Crippen LogP) is 2.99. The highest BCUT2D eigenvalue weighted by molar-refractivity contribution is 4.61. The molecule has 0 aromatic heterocycles. The van der Waals surface area contributed by atoms with E-state index in [9.17, 15) is 0 Å². The van der Waals surface area contributed by atoms with Crippen LogP contribution in [0.1, 0.15) is 59.3 Å². The summed E-state index contributed by atoms with van der Waals surface area (Å²) in [6, 6.07) is 0. The summed E-state index contributed by atoms with van der Waals surface area (Å²) < 4.78 is 5.05. The Morgan fingerprint density at radius 1 is 1.11 bits per heavy atom. The van der Waals surface area contributed by atoms with Gasteiger partial charge in [-0.1, -0.05) is 40.0 Å². The summed E-state index contributed by atoms with van der Waals surface area (Å²) in [7, 11) is 0. The van der Waals surface area contributed by atoms with E-state index in [1.54, 1.807) is 0 Å². The summed E-state index contributed by atoms with van der Waals surface area (Å²) in [6.45, 7) is 8.01. The number of hydrogen-bond donors (Lipinski definition) is 2. The Bertz CT molecular complexity index is 165. The molecule has 0 aromatic carbocycles. The average molecular weight is 260 g/mol. The van der Waals surface area contributed by atoms with Gasteiger partial charge < -0.3 is 14.9 Å². The normalized spacial score (nSPS) is 20.7. The minimum Gasteiger partial charge on any atom is -0.396 e. The molecular weight excluding hydrogens is 228 g/mol. The Morgan fingerprint density at radius 3 is 2.17 bits per heavy atom. The van der Waals surface area contributed by atoms with Crippen LogP contribution in [-0.4, -0.2) is 36.1 Å². The first-order chi connectivity index (χ1) is 8.60. The van der Waals surface area contributed by atoms with Crippen molar-refractivity contribution in [2.45, 2.75) is 65.4 Å². The summed E-state index contributed by atoms with van der Waals surface area (Å²) in [5, 5.41) is 17.2. The molecular formula is C15H32O3. The van der Waals surface area contributed by atoms with Gasteiger partial charge in [0.15, 0.2) is 0 Å². The standard InChI is InChI=1S/C10H22O.C5H10O2/c1-9(2)6-4-5-7-10(3)8-11;6-4-5-2-1-3-7-5/h9-11H,4-8H2,1-3H3;5-6H,1-4H2. The number of rotatable bonds is 7. The van der Waals surface area contributed by atoms with E-state index in [2.05, 4.69) is 20.8 Å². The monoisotopic (exact) mass is 260 g/mol. The van der Waals surface area contributed by atoms with Gasteiger partial charge in [0.1, 0.15) is 0 Å². The van der Waals surface area contributed by atoms with Gasteiger partial charge in [0.2, 0.25) is 0 Å². The van der Waals surface area contributed by atoms with Gasteiger partial charge in [-0.25, -0.2) is 0 Å². The molecule has 110 valence electrons. The topological polar surface area (TPSA) is 49.7 Å². The van der Waals surface area contributed by atoms with Crippen molar-refractivity contribution < 1.29 is 14.9 Å². The van der Waals surface area contributed by atoms with E-state index in [0.717, 1.165) is 25.4 Å². The molecule has 1 aliphatic rings. The van der Waals surface area contributed by atoms with E-state index in [-0.39, 0.29) is 12.7 Å². The Balaban J connectivity index is 0.000000351. The molecule has 3 nitrogen and oxygen atoms in total. The SMILES string of the molecule is CC(C)CCCCC(C)CO.OCC1CCCO1. The van der Waals surface area contributed by atoms with E-state index in [1.165, 1.54) is 25.7 Å². The van der Waals surface area contributed by atoms with Crippen LogP contribution in [0.25, 0.3) is 0 Å². The molecule has 0 spiro atoms. The third-order valence-electron chi connectivity index (χ3n) is 3.27. The molecule has 0 amide bonds. The van der Waals surface area contributed by atoms with Crippen LogP contribution >= 0.6 is 0 Å². The minimum absolute atomic E-state index is 0.153. The zero-order valence-electron chi connectivity index (χ0n) is 12.4. The maximum Gasteiger partial charge on any atom is 0.0806 e. The first kappa shape index (κ1) is 17.9. The summed E-state index contributed by atoms with van der Waals surface area (Å²) in [5.41, 5.74) is 0. The molecule has 1 heterocycles. The molecule has 0 radical (unpaired) electrons. The Hall–Kier alpha value is -0.120. The van der Waals surface area contributed by atoms with Crippen LogP contribution in [0.15, 0.2) is 0 Å². The van der Waals surface area contributed by atoms with Crippen molar-refractivity contribution in [3.63, 3.8) is 0 Å². The van der Waals surface area contributed by atoms with Gasteiger partial charge in [0.05, 0.1) is 12.7 Å². The van der Waals surface area contributed by atoms with E-state index in [0.29, 0.717) is 12.5 Å². The second-order valence-corrected chi connectivity index (χ2v) is 5.78. The molecule has 0 bridgehead atoms. The zero-order chi connectivity index (χ0) is 13.8. The maximum absolute atomic E-state index is 8.74. The van der Waals surface area contributed by atoms with Gasteiger partial charge in [0, 0.05) is 13.2 Å². The summed E-state index contributed by atoms with van der Waals surface area (Å²) >= 11 is 0. The number of unbranched alkanes of at least 4 members (excludes halogenated alkanes) is 1. The fourth-order valence-corrected chi connectivity index (χ4v) is 1.93. The molecule has 0 aromatic rings. The van der Waals surface area contributed by atoms with Gasteiger partial charge >= 0.3 is 0 Å². The van der Waals surface area contributed by atoms with E-state index in [4.69, 9.17) is 14.9 Å². The van der Waals surface area contributed by atoms with Crippen molar-refractivity contribution in [1.29, 1.82) is 0 Å². The first-order valence-corrected chi connectivity index (χ1v) is 7.43. The number of ether oxygens (including phenoxy) is 1. The summed E-state index contributed by atoms with van der Waals surface area (Å²) in [5.74, 6) is 1.33. The fraction of sp³-hybridized carbons (Fsp3) is 1.00. The highest BCUT2D eigenvalue weighted by Crippen LogP contribution is 2.12. The van der Waals surface area contributed by atoms with Crippen LogP contribution in [0.4, 0.5) is 0 Å². The van der Waals surface area contributed by atoms with Crippen LogP contribution in [-0.2, 0) is 4.74 Å². The number of aliphatic hydroxyl groups excluding tert-OH is 2. The summed E-state index contributed by atoms with van der Waals surface area (Å²) in [6.07, 6.45) is 7.42. The van der Waals surface area contributed by atoms with Gasteiger partial charge in [-0.2, -0.15) is 0 Å². The lowest BCUT2D eigenvalue weighted by molar-refractivity contribution is 0.0591. The quantitative estimate of drug-likeness (QED) is 0.692. The second kappa shape index (κ2) is 11.9. The highest BCUT2D eigenvalue weighted by Gasteiger charge is 2.12. The van der Waals surface area contributed by atoms with E-state index < -0.39 is 0 Å². The van der Waals surface area contributed by atoms with Crippen molar-refractivity contribution in [3.8, 4) is 0 Å². The van der Waals surface area contributed by atoms with Crippen molar-refractivity contribution in [1.82, 2.24) is 0 Å². The van der Waals surface area contributed by atoms with Gasteiger partial charge in [-0.3, -0.25) is 0 Å². The maximum atomic E-state index is 8.74. The van der Waals surface area contributed by atoms with Crippen LogP contribution in [0.3, 0.4) is 0 Å². The molecule has 0 aliphatic carbocycles. The predicted molar refractivity (Wildman–Crippen MR) is 75.6 cm³/mol. The smallest absolute Gasteiger partial charge is 0.0806 e. The van der Waals surface area contributed by atoms with Gasteiger partial charge in [0.25, 0.3) is 0 Å². The largest absolute Gasteiger partial charge is 0.396 e. The van der Waals surface area contributed by atoms with Crippen molar-refractivity contribution >= 4 is 0 Å². The molecule has 1 saturated heterocycles. The molecule has 1 rings (SSSR count). The molecule has 0 saturated carbocycles. The minimum atomic E-state index is 0.153. The lowest BCUT2D eigenvalue weighted by atomic mass is 10.0. The number of hydrogen-bond acceptors (Lipinski definition) is 3. The first-order valence-electron chi connectivity index (χ1n) is 7.43. The molecule has 1 aliphatic heterocycles. The molecule has 2 atom stereocenters. The van der Waals surface area contributed by atoms with Crippen molar-refractivity contribution in [3.05, 3.63) is 0 Å². The van der Waals surface area contributed by atoms with E-state index >= 15 is 0 Å². The average Bonchev–Trinajstić information content (AvgIpc) is 2.88. The lowest BCUT2D eigenvalue weighted by Crippen LogP contribution is -2.09. The van der Waals surface area contributed by atoms with Crippen LogP contribution < -0.4 is 0 Å². The fourth-order valence-electron chi connectivity index (χ4n) is 1.93. The second-order valence-electron chi connectivity index (χ2n) is 5.78. The van der Waals surface area contributed by atoms with Crippen LogP contribution in [0, 0.1) is 11.8 Å². The molecule has 1 fully saturated rings. The number of aliphatic hydroxyl groups is 2. The Kier molecular flexibility index (Phi) is 11.9. The third kappa shape index (κ3) is 11.0. The summed E-state index contributed by atoms with van der Waals surface area (Å²) in [4.78, 5) is 0. The molecule has 18 heavy (non-hydrogen) atoms. The van der Waals surface area contributed by atoms with Crippen molar-refractivity contribution in [2.24, 2.45) is 11.8 Å². The highest BCUT2D eigenvalue weighted by atomic mass is 16.5. The zero-order valence-corrected chi connectivity index (χ0v) is 12.4. The third-order valence-corrected chi connectivity index (χ3v) is 3.27. The molecule has 3 heteroatoms.